The highest BCUT2D eigenvalue weighted by Crippen LogP contribution is 2.67. The number of allylic oxidation sites excluding steroid dienone is 13. The predicted octanol–water partition coefficient (Wildman–Crippen LogP) is 13.9. The molecule has 3 fully saturated rings. The van der Waals surface area contributed by atoms with Crippen molar-refractivity contribution < 1.29 is 9.53 Å². The SMILES string of the molecule is CC/C=C/C/C=C/C/C=C/C/C=C/C/C=C/CCC(=O)OC1CCC2(C)C(=CCC3C2CCC2(C)C(C(C)/C=C/C(CC)C(C)C)CCC32)C1. The fourth-order valence-corrected chi connectivity index (χ4v) is 10.7. The summed E-state index contributed by atoms with van der Waals surface area (Å²) in [5.74, 6) is 5.37. The van der Waals surface area contributed by atoms with Crippen molar-refractivity contribution in [1.82, 2.24) is 0 Å². The molecule has 4 aliphatic carbocycles. The highest BCUT2D eigenvalue weighted by atomic mass is 16.5. The number of hydrogen-bond acceptors (Lipinski definition) is 2. The Hall–Kier alpha value is -2.35. The zero-order valence-corrected chi connectivity index (χ0v) is 33.3. The molecule has 3 saturated carbocycles. The summed E-state index contributed by atoms with van der Waals surface area (Å²) < 4.78 is 6.08. The van der Waals surface area contributed by atoms with E-state index in [0.29, 0.717) is 23.7 Å². The third-order valence-electron chi connectivity index (χ3n) is 13.7. The fourth-order valence-electron chi connectivity index (χ4n) is 10.7. The van der Waals surface area contributed by atoms with E-state index >= 15 is 0 Å². The summed E-state index contributed by atoms with van der Waals surface area (Å²) in [7, 11) is 0. The van der Waals surface area contributed by atoms with Crippen LogP contribution in [0, 0.1) is 52.3 Å². The molecule has 0 aromatic carbocycles. The zero-order valence-electron chi connectivity index (χ0n) is 33.3. The van der Waals surface area contributed by atoms with Crippen LogP contribution in [0.2, 0.25) is 0 Å². The number of fused-ring (bicyclic) bond motifs is 5. The van der Waals surface area contributed by atoms with E-state index in [9.17, 15) is 4.79 Å². The molecule has 4 rings (SSSR count). The van der Waals surface area contributed by atoms with Crippen molar-refractivity contribution >= 4 is 5.97 Å². The first-order valence-electron chi connectivity index (χ1n) is 21.0. The van der Waals surface area contributed by atoms with Crippen LogP contribution in [0.15, 0.2) is 84.6 Å². The van der Waals surface area contributed by atoms with Crippen molar-refractivity contribution in [1.29, 1.82) is 0 Å². The maximum Gasteiger partial charge on any atom is 0.306 e. The molecule has 278 valence electrons. The van der Waals surface area contributed by atoms with E-state index in [2.05, 4.69) is 127 Å². The van der Waals surface area contributed by atoms with Crippen LogP contribution >= 0.6 is 0 Å². The van der Waals surface area contributed by atoms with Crippen LogP contribution in [-0.4, -0.2) is 12.1 Å². The molecular formula is C48H74O2. The molecule has 0 aromatic heterocycles. The molecule has 0 aliphatic heterocycles. The van der Waals surface area contributed by atoms with E-state index in [1.54, 1.807) is 5.57 Å². The topological polar surface area (TPSA) is 26.3 Å². The van der Waals surface area contributed by atoms with Gasteiger partial charge in [0.25, 0.3) is 0 Å². The molecular weight excluding hydrogens is 609 g/mol. The Bertz CT molecular complexity index is 1260. The second kappa shape index (κ2) is 20.0. The van der Waals surface area contributed by atoms with E-state index < -0.39 is 0 Å². The molecule has 0 aromatic rings. The lowest BCUT2D eigenvalue weighted by molar-refractivity contribution is -0.151. The molecule has 0 radical (unpaired) electrons. The quantitative estimate of drug-likeness (QED) is 0.106. The smallest absolute Gasteiger partial charge is 0.306 e. The zero-order chi connectivity index (χ0) is 36.0. The summed E-state index contributed by atoms with van der Waals surface area (Å²) in [5, 5.41) is 0. The second-order valence-electron chi connectivity index (χ2n) is 17.1. The lowest BCUT2D eigenvalue weighted by Gasteiger charge is -2.58. The van der Waals surface area contributed by atoms with Gasteiger partial charge in [-0.1, -0.05) is 133 Å². The lowest BCUT2D eigenvalue weighted by atomic mass is 9.47. The van der Waals surface area contributed by atoms with E-state index in [4.69, 9.17) is 4.74 Å². The summed E-state index contributed by atoms with van der Waals surface area (Å²) in [6.07, 6.45) is 47.4. The molecule has 0 N–H and O–H groups in total. The van der Waals surface area contributed by atoms with Gasteiger partial charge >= 0.3 is 5.97 Å². The lowest BCUT2D eigenvalue weighted by Crippen LogP contribution is -2.51. The average Bonchev–Trinajstić information content (AvgIpc) is 3.45. The number of hydrogen-bond donors (Lipinski definition) is 0. The number of carbonyl (C=O) groups excluding carboxylic acids is 1. The monoisotopic (exact) mass is 683 g/mol. The van der Waals surface area contributed by atoms with Crippen molar-refractivity contribution in [2.45, 2.75) is 157 Å². The van der Waals surface area contributed by atoms with Crippen LogP contribution in [-0.2, 0) is 9.53 Å². The van der Waals surface area contributed by atoms with E-state index in [-0.39, 0.29) is 17.5 Å². The van der Waals surface area contributed by atoms with E-state index in [0.717, 1.165) is 81.0 Å². The summed E-state index contributed by atoms with van der Waals surface area (Å²) in [6, 6.07) is 0. The van der Waals surface area contributed by atoms with Gasteiger partial charge in [-0.25, -0.2) is 0 Å². The third kappa shape index (κ3) is 10.6. The first kappa shape index (κ1) is 40.4. The normalized spacial score (nSPS) is 32.8. The van der Waals surface area contributed by atoms with Gasteiger partial charge < -0.3 is 4.74 Å². The standard InChI is InChI=1S/C48H74O2/c1-8-10-11-12-13-14-15-16-17-18-19-20-21-22-23-24-25-46(49)50-41-32-34-47(6)40(36-41)28-29-42-44-31-30-43(48(44,7)35-33-45(42)47)38(5)26-27-39(9-2)37(3)4/h10-11,13-14,16-17,19-20,22-23,26-28,37-39,41-45H,8-9,12,15,18,21,24-25,29-36H2,1-7H3/b11-10+,14-13+,17-16+,20-19+,23-22+,27-26+. The number of rotatable bonds is 18. The first-order chi connectivity index (χ1) is 24.1. The number of esters is 1. The molecule has 0 heterocycles. The van der Waals surface area contributed by atoms with Gasteiger partial charge in [0.1, 0.15) is 6.10 Å². The Morgan fingerprint density at radius 3 is 2.06 bits per heavy atom. The molecule has 9 unspecified atom stereocenters. The Balaban J connectivity index is 1.18. The van der Waals surface area contributed by atoms with E-state index in [1.807, 2.05) is 0 Å². The van der Waals surface area contributed by atoms with Crippen LogP contribution in [0.4, 0.5) is 0 Å². The second-order valence-corrected chi connectivity index (χ2v) is 17.1. The van der Waals surface area contributed by atoms with Gasteiger partial charge in [-0.05, 0) is 142 Å². The molecule has 0 spiro atoms. The van der Waals surface area contributed by atoms with Gasteiger partial charge in [0.2, 0.25) is 0 Å². The Labute approximate surface area is 308 Å². The van der Waals surface area contributed by atoms with Gasteiger partial charge in [0, 0.05) is 12.8 Å². The van der Waals surface area contributed by atoms with Crippen LogP contribution in [0.25, 0.3) is 0 Å². The summed E-state index contributed by atoms with van der Waals surface area (Å²) in [4.78, 5) is 12.8. The van der Waals surface area contributed by atoms with Crippen molar-refractivity contribution in [2.75, 3.05) is 0 Å². The molecule has 2 nitrogen and oxygen atoms in total. The molecule has 0 saturated heterocycles. The minimum absolute atomic E-state index is 0.0269. The van der Waals surface area contributed by atoms with E-state index in [1.165, 1.54) is 44.9 Å². The molecule has 0 amide bonds. The highest BCUT2D eigenvalue weighted by molar-refractivity contribution is 5.69. The van der Waals surface area contributed by atoms with Gasteiger partial charge in [-0.15, -0.1) is 0 Å². The van der Waals surface area contributed by atoms with Crippen LogP contribution in [0.3, 0.4) is 0 Å². The molecule has 0 bridgehead atoms. The Kier molecular flexibility index (Phi) is 16.2. The number of ether oxygens (including phenoxy) is 1. The van der Waals surface area contributed by atoms with Crippen molar-refractivity contribution in [3.8, 4) is 0 Å². The third-order valence-corrected chi connectivity index (χ3v) is 13.7. The highest BCUT2D eigenvalue weighted by Gasteiger charge is 2.59. The first-order valence-corrected chi connectivity index (χ1v) is 21.0. The largest absolute Gasteiger partial charge is 0.462 e. The van der Waals surface area contributed by atoms with Gasteiger partial charge in [-0.3, -0.25) is 4.79 Å². The van der Waals surface area contributed by atoms with Crippen LogP contribution < -0.4 is 0 Å². The summed E-state index contributed by atoms with van der Waals surface area (Å²) in [5.41, 5.74) is 2.37. The minimum Gasteiger partial charge on any atom is -0.462 e. The average molecular weight is 683 g/mol. The van der Waals surface area contributed by atoms with Crippen LogP contribution in [0.1, 0.15) is 151 Å². The van der Waals surface area contributed by atoms with Gasteiger partial charge in [0.15, 0.2) is 0 Å². The van der Waals surface area contributed by atoms with Gasteiger partial charge in [0.05, 0.1) is 0 Å². The molecule has 4 aliphatic rings. The van der Waals surface area contributed by atoms with Crippen molar-refractivity contribution in [3.63, 3.8) is 0 Å². The summed E-state index contributed by atoms with van der Waals surface area (Å²) in [6.45, 7) is 17.0. The number of carbonyl (C=O) groups is 1. The van der Waals surface area contributed by atoms with Crippen LogP contribution in [0.5, 0.6) is 0 Å². The minimum atomic E-state index is -0.0269. The van der Waals surface area contributed by atoms with Crippen molar-refractivity contribution in [2.24, 2.45) is 52.3 Å². The maximum absolute atomic E-state index is 12.8. The van der Waals surface area contributed by atoms with Crippen molar-refractivity contribution in [3.05, 3.63) is 84.6 Å². The maximum atomic E-state index is 12.8. The fraction of sp³-hybridized carbons (Fsp3) is 0.688. The molecule has 2 heteroatoms. The Morgan fingerprint density at radius 2 is 1.44 bits per heavy atom. The summed E-state index contributed by atoms with van der Waals surface area (Å²) >= 11 is 0. The van der Waals surface area contributed by atoms with Gasteiger partial charge in [-0.2, -0.15) is 0 Å². The molecule has 50 heavy (non-hydrogen) atoms. The molecule has 9 atom stereocenters. The Morgan fingerprint density at radius 1 is 0.800 bits per heavy atom. The predicted molar refractivity (Wildman–Crippen MR) is 216 cm³/mol.